The molecule has 1 aromatic carbocycles. The molecule has 1 amide bonds. The van der Waals surface area contributed by atoms with Crippen molar-refractivity contribution < 1.29 is 9.53 Å². The number of thioether (sulfide) groups is 1. The van der Waals surface area contributed by atoms with Crippen molar-refractivity contribution in [1.82, 2.24) is 9.88 Å². The van der Waals surface area contributed by atoms with Gasteiger partial charge in [0, 0.05) is 37.3 Å². The second-order valence-corrected chi connectivity index (χ2v) is 6.41. The average molecular weight is 330 g/mol. The molecule has 0 spiro atoms. The molecule has 0 fully saturated rings. The number of hydrogen-bond donors (Lipinski definition) is 0. The van der Waals surface area contributed by atoms with Gasteiger partial charge in [0.25, 0.3) is 0 Å². The lowest BCUT2D eigenvalue weighted by atomic mass is 10.2. The number of hydrogen-bond acceptors (Lipinski definition) is 4. The zero-order valence-corrected chi connectivity index (χ0v) is 14.4. The van der Waals surface area contributed by atoms with Crippen molar-refractivity contribution in [3.63, 3.8) is 0 Å². The number of nitrogens with zero attached hydrogens (tertiary/aromatic N) is 2. The lowest BCUT2D eigenvalue weighted by Gasteiger charge is -2.17. The van der Waals surface area contributed by atoms with E-state index in [0.29, 0.717) is 13.0 Å². The highest BCUT2D eigenvalue weighted by Crippen LogP contribution is 2.22. The molecule has 1 aromatic heterocycles. The van der Waals surface area contributed by atoms with Gasteiger partial charge in [-0.25, -0.2) is 0 Å². The van der Waals surface area contributed by atoms with Gasteiger partial charge in [-0.1, -0.05) is 6.07 Å². The lowest BCUT2D eigenvalue weighted by Crippen LogP contribution is -2.26. The van der Waals surface area contributed by atoms with Crippen molar-refractivity contribution >= 4 is 17.7 Å². The van der Waals surface area contributed by atoms with Crippen LogP contribution < -0.4 is 4.74 Å². The normalized spacial score (nSPS) is 10.3. The molecule has 0 aliphatic heterocycles. The number of carbonyl (C=O) groups is 1. The van der Waals surface area contributed by atoms with E-state index in [1.807, 2.05) is 43.4 Å². The molecule has 0 saturated carbocycles. The molecule has 2 rings (SSSR count). The first-order valence-electron chi connectivity index (χ1n) is 7.59. The summed E-state index contributed by atoms with van der Waals surface area (Å²) in [4.78, 5) is 19.1. The van der Waals surface area contributed by atoms with E-state index in [9.17, 15) is 4.79 Å². The molecule has 0 aliphatic carbocycles. The fraction of sp³-hybridized carbons (Fsp3) is 0.333. The van der Waals surface area contributed by atoms with E-state index < -0.39 is 0 Å². The van der Waals surface area contributed by atoms with Crippen molar-refractivity contribution in [2.75, 3.05) is 19.9 Å². The van der Waals surface area contributed by atoms with Crippen LogP contribution in [0.2, 0.25) is 0 Å². The fourth-order valence-corrected chi connectivity index (χ4v) is 2.98. The summed E-state index contributed by atoms with van der Waals surface area (Å²) >= 11 is 1.76. The summed E-state index contributed by atoms with van der Waals surface area (Å²) in [6.07, 6.45) is 4.97. The lowest BCUT2D eigenvalue weighted by molar-refractivity contribution is -0.130. The molecule has 0 atom stereocenters. The van der Waals surface area contributed by atoms with Gasteiger partial charge in [0.1, 0.15) is 5.75 Å². The van der Waals surface area contributed by atoms with Gasteiger partial charge in [-0.3, -0.25) is 9.78 Å². The number of benzene rings is 1. The van der Waals surface area contributed by atoms with Gasteiger partial charge in [0.05, 0.1) is 7.11 Å². The second-order valence-electron chi connectivity index (χ2n) is 5.24. The summed E-state index contributed by atoms with van der Waals surface area (Å²) in [5.74, 6) is 1.96. The smallest absolute Gasteiger partial charge is 0.222 e. The van der Waals surface area contributed by atoms with Crippen LogP contribution in [0.3, 0.4) is 0 Å². The molecule has 122 valence electrons. The maximum absolute atomic E-state index is 12.1. The first kappa shape index (κ1) is 17.3. The van der Waals surface area contributed by atoms with E-state index in [4.69, 9.17) is 4.74 Å². The van der Waals surface area contributed by atoms with Crippen molar-refractivity contribution in [2.24, 2.45) is 0 Å². The molecule has 0 aliphatic rings. The van der Waals surface area contributed by atoms with Crippen LogP contribution in [0.1, 0.15) is 18.4 Å². The summed E-state index contributed by atoms with van der Waals surface area (Å²) in [6.45, 7) is 0.609. The Kier molecular flexibility index (Phi) is 6.94. The Labute approximate surface area is 141 Å². The van der Waals surface area contributed by atoms with Crippen LogP contribution in [0.4, 0.5) is 0 Å². The fourth-order valence-electron chi connectivity index (χ4n) is 2.13. The number of pyridine rings is 1. The average Bonchev–Trinajstić information content (AvgIpc) is 2.60. The van der Waals surface area contributed by atoms with Gasteiger partial charge in [-0.05, 0) is 48.1 Å². The van der Waals surface area contributed by atoms with Crippen molar-refractivity contribution in [2.45, 2.75) is 24.3 Å². The van der Waals surface area contributed by atoms with Gasteiger partial charge in [-0.15, -0.1) is 11.8 Å². The predicted octanol–water partition coefficient (Wildman–Crippen LogP) is 3.62. The molecule has 0 unspecified atom stereocenters. The Bertz CT molecular complexity index is 602. The van der Waals surface area contributed by atoms with E-state index in [2.05, 4.69) is 4.98 Å². The third kappa shape index (κ3) is 5.94. The molecule has 1 heterocycles. The molecule has 23 heavy (non-hydrogen) atoms. The van der Waals surface area contributed by atoms with Crippen LogP contribution in [0.15, 0.2) is 53.7 Å². The first-order chi connectivity index (χ1) is 11.2. The third-order valence-corrected chi connectivity index (χ3v) is 4.53. The van der Waals surface area contributed by atoms with Crippen molar-refractivity contribution in [3.8, 4) is 5.75 Å². The Hall–Kier alpha value is -2.01. The Morgan fingerprint density at radius 2 is 2.04 bits per heavy atom. The van der Waals surface area contributed by atoms with E-state index in [1.165, 1.54) is 4.90 Å². The van der Waals surface area contributed by atoms with E-state index in [1.54, 1.807) is 36.2 Å². The zero-order chi connectivity index (χ0) is 16.5. The second kappa shape index (κ2) is 9.20. The number of methoxy groups -OCH3 is 1. The summed E-state index contributed by atoms with van der Waals surface area (Å²) in [5.41, 5.74) is 1.05. The predicted molar refractivity (Wildman–Crippen MR) is 93.7 cm³/mol. The SMILES string of the molecule is COc1ccc(SCCCC(=O)N(C)Cc2cccnc2)cc1. The van der Waals surface area contributed by atoms with Gasteiger partial charge in [0.2, 0.25) is 5.91 Å². The standard InChI is InChI=1S/C18H22N2O2S/c1-20(14-15-5-3-11-19-13-15)18(21)6-4-12-23-17-9-7-16(22-2)8-10-17/h3,5,7-11,13H,4,6,12,14H2,1-2H3. The minimum Gasteiger partial charge on any atom is -0.497 e. The molecular weight excluding hydrogens is 308 g/mol. The number of rotatable bonds is 8. The van der Waals surface area contributed by atoms with Crippen LogP contribution in [-0.2, 0) is 11.3 Å². The third-order valence-electron chi connectivity index (χ3n) is 3.43. The minimum atomic E-state index is 0.171. The highest BCUT2D eigenvalue weighted by atomic mass is 32.2. The maximum atomic E-state index is 12.1. The number of amides is 1. The van der Waals surface area contributed by atoms with Crippen LogP contribution in [-0.4, -0.2) is 35.7 Å². The molecular formula is C18H22N2O2S. The van der Waals surface area contributed by atoms with Crippen LogP contribution in [0.5, 0.6) is 5.75 Å². The Balaban J connectivity index is 1.67. The molecule has 0 saturated heterocycles. The van der Waals surface area contributed by atoms with Crippen LogP contribution in [0, 0.1) is 0 Å². The van der Waals surface area contributed by atoms with Gasteiger partial charge in [-0.2, -0.15) is 0 Å². The molecule has 0 radical (unpaired) electrons. The van der Waals surface area contributed by atoms with Gasteiger partial charge in [0.15, 0.2) is 0 Å². The Morgan fingerprint density at radius 3 is 2.70 bits per heavy atom. The molecule has 0 bridgehead atoms. The summed E-state index contributed by atoms with van der Waals surface area (Å²) in [5, 5.41) is 0. The highest BCUT2D eigenvalue weighted by molar-refractivity contribution is 7.99. The summed E-state index contributed by atoms with van der Waals surface area (Å²) in [6, 6.07) is 11.9. The van der Waals surface area contributed by atoms with E-state index in [-0.39, 0.29) is 5.91 Å². The molecule has 4 nitrogen and oxygen atoms in total. The van der Waals surface area contributed by atoms with Gasteiger partial charge < -0.3 is 9.64 Å². The summed E-state index contributed by atoms with van der Waals surface area (Å²) in [7, 11) is 3.50. The Morgan fingerprint density at radius 1 is 1.26 bits per heavy atom. The zero-order valence-electron chi connectivity index (χ0n) is 13.6. The number of ether oxygens (including phenoxy) is 1. The van der Waals surface area contributed by atoms with Gasteiger partial charge >= 0.3 is 0 Å². The summed E-state index contributed by atoms with van der Waals surface area (Å²) < 4.78 is 5.14. The van der Waals surface area contributed by atoms with Crippen molar-refractivity contribution in [1.29, 1.82) is 0 Å². The molecule has 5 heteroatoms. The minimum absolute atomic E-state index is 0.171. The van der Waals surface area contributed by atoms with Crippen molar-refractivity contribution in [3.05, 3.63) is 54.4 Å². The topological polar surface area (TPSA) is 42.4 Å². The van der Waals surface area contributed by atoms with E-state index >= 15 is 0 Å². The van der Waals surface area contributed by atoms with Crippen LogP contribution in [0.25, 0.3) is 0 Å². The molecule has 0 N–H and O–H groups in total. The maximum Gasteiger partial charge on any atom is 0.222 e. The number of carbonyl (C=O) groups excluding carboxylic acids is 1. The highest BCUT2D eigenvalue weighted by Gasteiger charge is 2.09. The molecule has 2 aromatic rings. The monoisotopic (exact) mass is 330 g/mol. The van der Waals surface area contributed by atoms with E-state index in [0.717, 1.165) is 23.5 Å². The van der Waals surface area contributed by atoms with Crippen LogP contribution >= 0.6 is 11.8 Å². The first-order valence-corrected chi connectivity index (χ1v) is 8.57. The quantitative estimate of drug-likeness (QED) is 0.548. The number of aromatic nitrogens is 1. The largest absolute Gasteiger partial charge is 0.497 e.